The van der Waals surface area contributed by atoms with Gasteiger partial charge in [-0.25, -0.2) is 4.98 Å². The van der Waals surface area contributed by atoms with Crippen molar-refractivity contribution in [3.63, 3.8) is 0 Å². The van der Waals surface area contributed by atoms with Gasteiger partial charge in [0.05, 0.1) is 12.4 Å². The Bertz CT molecular complexity index is 995. The molecule has 1 aromatic carbocycles. The molecule has 30 heavy (non-hydrogen) atoms. The molecule has 1 fully saturated rings. The molecule has 3 aromatic rings. The van der Waals surface area contributed by atoms with Gasteiger partial charge >= 0.3 is 0 Å². The molecule has 2 aromatic heterocycles. The van der Waals surface area contributed by atoms with Gasteiger partial charge in [0, 0.05) is 44.7 Å². The molecule has 4 rings (SSSR count). The summed E-state index contributed by atoms with van der Waals surface area (Å²) in [7, 11) is 1.91. The molecule has 0 saturated carbocycles. The van der Waals surface area contributed by atoms with Crippen LogP contribution in [0.25, 0.3) is 23.0 Å². The van der Waals surface area contributed by atoms with E-state index in [0.29, 0.717) is 37.0 Å². The Morgan fingerprint density at radius 2 is 1.80 bits per heavy atom. The highest BCUT2D eigenvalue weighted by atomic mass is 16.4. The highest BCUT2D eigenvalue weighted by Gasteiger charge is 2.22. The average Bonchev–Trinajstić information content (AvgIpc) is 3.30. The summed E-state index contributed by atoms with van der Waals surface area (Å²) in [6.45, 7) is 5.51. The number of aromatic nitrogens is 4. The number of carbonyl (C=O) groups is 1. The molecule has 1 N–H and O–H groups in total. The van der Waals surface area contributed by atoms with E-state index in [4.69, 9.17) is 4.42 Å². The summed E-state index contributed by atoms with van der Waals surface area (Å²) in [5, 5.41) is 11.4. The van der Waals surface area contributed by atoms with Gasteiger partial charge in [-0.3, -0.25) is 9.78 Å². The predicted octanol–water partition coefficient (Wildman–Crippen LogP) is 1.97. The molecular weight excluding hydrogens is 382 g/mol. The van der Waals surface area contributed by atoms with Crippen LogP contribution in [0.2, 0.25) is 0 Å². The van der Waals surface area contributed by atoms with Crippen molar-refractivity contribution in [1.29, 1.82) is 0 Å². The van der Waals surface area contributed by atoms with Gasteiger partial charge in [0.25, 0.3) is 5.89 Å². The molecular formula is C21H25N7O2. The van der Waals surface area contributed by atoms with Gasteiger partial charge in [-0.2, -0.15) is 0 Å². The van der Waals surface area contributed by atoms with Gasteiger partial charge in [0.1, 0.15) is 11.5 Å². The normalized spacial score (nSPS) is 14.2. The molecule has 1 aliphatic rings. The zero-order valence-corrected chi connectivity index (χ0v) is 17.2. The van der Waals surface area contributed by atoms with Crippen LogP contribution < -0.4 is 10.2 Å². The minimum Gasteiger partial charge on any atom is -0.415 e. The summed E-state index contributed by atoms with van der Waals surface area (Å²) < 4.78 is 5.85. The van der Waals surface area contributed by atoms with Crippen molar-refractivity contribution in [3.05, 3.63) is 42.2 Å². The lowest BCUT2D eigenvalue weighted by atomic mass is 10.1. The van der Waals surface area contributed by atoms with Crippen LogP contribution >= 0.6 is 0 Å². The smallest absolute Gasteiger partial charge is 0.268 e. The van der Waals surface area contributed by atoms with Crippen molar-refractivity contribution in [2.24, 2.45) is 0 Å². The summed E-state index contributed by atoms with van der Waals surface area (Å²) in [6.07, 6.45) is 3.87. The first-order chi connectivity index (χ1) is 14.7. The number of rotatable bonds is 6. The van der Waals surface area contributed by atoms with Crippen molar-refractivity contribution in [3.8, 4) is 23.0 Å². The summed E-state index contributed by atoms with van der Waals surface area (Å²) >= 11 is 0. The van der Waals surface area contributed by atoms with E-state index in [1.807, 2.05) is 43.1 Å². The molecule has 9 heteroatoms. The molecule has 3 heterocycles. The van der Waals surface area contributed by atoms with E-state index in [9.17, 15) is 4.79 Å². The second-order valence-corrected chi connectivity index (χ2v) is 7.12. The number of nitrogens with zero attached hydrogens (tertiary/aromatic N) is 6. The Balaban J connectivity index is 1.48. The van der Waals surface area contributed by atoms with Gasteiger partial charge in [0.15, 0.2) is 0 Å². The lowest BCUT2D eigenvalue weighted by molar-refractivity contribution is -0.131. The Hall–Kier alpha value is -3.33. The Labute approximate surface area is 175 Å². The highest BCUT2D eigenvalue weighted by Crippen LogP contribution is 2.24. The van der Waals surface area contributed by atoms with Crippen LogP contribution in [0.4, 0.5) is 5.82 Å². The molecule has 0 radical (unpaired) electrons. The molecule has 0 unspecified atom stereocenters. The molecule has 1 aliphatic heterocycles. The molecule has 1 saturated heterocycles. The first kappa shape index (κ1) is 20.0. The predicted molar refractivity (Wildman–Crippen MR) is 113 cm³/mol. The summed E-state index contributed by atoms with van der Waals surface area (Å²) in [4.78, 5) is 24.8. The number of anilines is 1. The van der Waals surface area contributed by atoms with Gasteiger partial charge in [0.2, 0.25) is 11.8 Å². The summed E-state index contributed by atoms with van der Waals surface area (Å²) in [6, 6.07) is 7.98. The maximum Gasteiger partial charge on any atom is 0.268 e. The van der Waals surface area contributed by atoms with E-state index in [1.54, 1.807) is 12.4 Å². The number of nitrogens with one attached hydrogen (secondary N) is 1. The van der Waals surface area contributed by atoms with Crippen molar-refractivity contribution in [1.82, 2.24) is 30.4 Å². The highest BCUT2D eigenvalue weighted by molar-refractivity contribution is 5.76. The van der Waals surface area contributed by atoms with Gasteiger partial charge in [-0.15, -0.1) is 10.2 Å². The molecule has 0 atom stereocenters. The van der Waals surface area contributed by atoms with Crippen LogP contribution in [0.5, 0.6) is 0 Å². The van der Waals surface area contributed by atoms with E-state index in [0.717, 1.165) is 31.0 Å². The molecule has 9 nitrogen and oxygen atoms in total. The molecule has 0 aliphatic carbocycles. The fourth-order valence-electron chi connectivity index (χ4n) is 3.43. The fourth-order valence-corrected chi connectivity index (χ4v) is 3.43. The van der Waals surface area contributed by atoms with Crippen molar-refractivity contribution in [2.75, 3.05) is 38.1 Å². The Morgan fingerprint density at radius 3 is 2.50 bits per heavy atom. The standard InChI is InChI=1S/C21H25N7O2/c1-3-19(29)28-10-8-27(9-11-28)18-14-23-13-17(24-18)21-26-25-20(30-21)16-6-4-15(5-7-16)12-22-2/h4-7,13-14,22H,3,8-12H2,1-2H3. The molecule has 156 valence electrons. The van der Waals surface area contributed by atoms with Crippen LogP contribution in [0.15, 0.2) is 41.1 Å². The molecule has 0 bridgehead atoms. The van der Waals surface area contributed by atoms with Crippen molar-refractivity contribution < 1.29 is 9.21 Å². The van der Waals surface area contributed by atoms with Gasteiger partial charge in [-0.05, 0) is 24.7 Å². The zero-order chi connectivity index (χ0) is 20.9. The number of piperazine rings is 1. The third-order valence-corrected chi connectivity index (χ3v) is 5.11. The number of hydrogen-bond donors (Lipinski definition) is 1. The maximum atomic E-state index is 11.9. The van der Waals surface area contributed by atoms with E-state index in [2.05, 4.69) is 30.4 Å². The van der Waals surface area contributed by atoms with E-state index in [1.165, 1.54) is 5.56 Å². The number of hydrogen-bond acceptors (Lipinski definition) is 8. The minimum atomic E-state index is 0.187. The van der Waals surface area contributed by atoms with E-state index >= 15 is 0 Å². The Morgan fingerprint density at radius 1 is 1.07 bits per heavy atom. The first-order valence-electron chi connectivity index (χ1n) is 10.1. The van der Waals surface area contributed by atoms with Crippen LogP contribution in [0, 0.1) is 0 Å². The van der Waals surface area contributed by atoms with E-state index < -0.39 is 0 Å². The lowest BCUT2D eigenvalue weighted by Crippen LogP contribution is -2.48. The summed E-state index contributed by atoms with van der Waals surface area (Å²) in [5.74, 6) is 1.71. The molecule has 1 amide bonds. The third kappa shape index (κ3) is 4.30. The SMILES string of the molecule is CCC(=O)N1CCN(c2cncc(-c3nnc(-c4ccc(CNC)cc4)o3)n2)CC1. The van der Waals surface area contributed by atoms with Crippen LogP contribution in [-0.4, -0.2) is 64.2 Å². The number of benzene rings is 1. The quantitative estimate of drug-likeness (QED) is 0.662. The maximum absolute atomic E-state index is 11.9. The minimum absolute atomic E-state index is 0.187. The first-order valence-corrected chi connectivity index (χ1v) is 10.1. The summed E-state index contributed by atoms with van der Waals surface area (Å²) in [5.41, 5.74) is 2.57. The third-order valence-electron chi connectivity index (χ3n) is 5.11. The van der Waals surface area contributed by atoms with Gasteiger partial charge in [-0.1, -0.05) is 19.1 Å². The van der Waals surface area contributed by atoms with E-state index in [-0.39, 0.29) is 5.91 Å². The lowest BCUT2D eigenvalue weighted by Gasteiger charge is -2.35. The zero-order valence-electron chi connectivity index (χ0n) is 17.2. The largest absolute Gasteiger partial charge is 0.415 e. The van der Waals surface area contributed by atoms with Crippen molar-refractivity contribution >= 4 is 11.7 Å². The monoisotopic (exact) mass is 407 g/mol. The topological polar surface area (TPSA) is 100 Å². The van der Waals surface area contributed by atoms with Crippen LogP contribution in [-0.2, 0) is 11.3 Å². The Kier molecular flexibility index (Phi) is 5.99. The van der Waals surface area contributed by atoms with Crippen LogP contribution in [0.3, 0.4) is 0 Å². The van der Waals surface area contributed by atoms with Gasteiger partial charge < -0.3 is 19.5 Å². The van der Waals surface area contributed by atoms with Crippen molar-refractivity contribution in [2.45, 2.75) is 19.9 Å². The number of amides is 1. The van der Waals surface area contributed by atoms with Crippen LogP contribution in [0.1, 0.15) is 18.9 Å². The fraction of sp³-hybridized carbons (Fsp3) is 0.381. The number of carbonyl (C=O) groups excluding carboxylic acids is 1. The second-order valence-electron chi connectivity index (χ2n) is 7.12. The average molecular weight is 407 g/mol. The second kappa shape index (κ2) is 9.00. The molecule has 0 spiro atoms.